The molecule has 0 saturated heterocycles. The van der Waals surface area contributed by atoms with E-state index < -0.39 is 5.97 Å². The van der Waals surface area contributed by atoms with E-state index in [2.05, 4.69) is 10.4 Å². The Morgan fingerprint density at radius 3 is 2.65 bits per heavy atom. The number of carbonyl (C=O) groups is 2. The van der Waals surface area contributed by atoms with Crippen molar-refractivity contribution >= 4 is 11.9 Å². The summed E-state index contributed by atoms with van der Waals surface area (Å²) in [5.74, 6) is -0.435. The molecule has 1 aromatic heterocycles. The first-order valence-electron chi connectivity index (χ1n) is 8.49. The highest BCUT2D eigenvalue weighted by atomic mass is 16.4. The number of nitrogens with one attached hydrogen (secondary N) is 1. The van der Waals surface area contributed by atoms with E-state index in [9.17, 15) is 9.59 Å². The van der Waals surface area contributed by atoms with Gasteiger partial charge in [0.25, 0.3) is 5.91 Å². The van der Waals surface area contributed by atoms with Crippen molar-refractivity contribution in [3.8, 4) is 0 Å². The Morgan fingerprint density at radius 2 is 2.09 bits per heavy atom. The molecule has 1 aliphatic carbocycles. The molecule has 1 aliphatic rings. The predicted molar refractivity (Wildman–Crippen MR) is 87.3 cm³/mol. The van der Waals surface area contributed by atoms with Crippen LogP contribution in [0.5, 0.6) is 0 Å². The zero-order chi connectivity index (χ0) is 16.8. The molecule has 1 amide bonds. The minimum absolute atomic E-state index is 0.0823. The molecular weight excluding hydrogens is 294 g/mol. The van der Waals surface area contributed by atoms with E-state index in [1.807, 2.05) is 6.92 Å². The van der Waals surface area contributed by atoms with Crippen LogP contribution in [0, 0.1) is 12.8 Å². The van der Waals surface area contributed by atoms with Crippen LogP contribution in [0.25, 0.3) is 0 Å². The maximum Gasteiger partial charge on any atom is 0.303 e. The number of hydrogen-bond donors (Lipinski definition) is 2. The Hall–Kier alpha value is -1.85. The molecule has 0 spiro atoms. The Kier molecular flexibility index (Phi) is 6.19. The zero-order valence-corrected chi connectivity index (χ0v) is 14.0. The predicted octanol–water partition coefficient (Wildman–Crippen LogP) is 2.66. The summed E-state index contributed by atoms with van der Waals surface area (Å²) < 4.78 is 1.67. The van der Waals surface area contributed by atoms with Crippen LogP contribution in [0.2, 0.25) is 0 Å². The standard InChI is InChI=1S/C17H27N3O3/c1-12-10-15(19-20(12)2)17(23)18-14(8-9-16(21)22)11-13-6-4-3-5-7-13/h10,13-14H,3-9,11H2,1-2H3,(H,18,23)(H,21,22). The molecule has 0 bridgehead atoms. The molecule has 128 valence electrons. The van der Waals surface area contributed by atoms with Gasteiger partial charge in [0.05, 0.1) is 0 Å². The first-order valence-corrected chi connectivity index (χ1v) is 8.49. The van der Waals surface area contributed by atoms with Gasteiger partial charge in [-0.2, -0.15) is 5.10 Å². The Balaban J connectivity index is 1.97. The van der Waals surface area contributed by atoms with Crippen molar-refractivity contribution in [1.29, 1.82) is 0 Å². The van der Waals surface area contributed by atoms with E-state index in [1.54, 1.807) is 17.8 Å². The van der Waals surface area contributed by atoms with Crippen LogP contribution in [0.4, 0.5) is 0 Å². The lowest BCUT2D eigenvalue weighted by Gasteiger charge is -2.26. The van der Waals surface area contributed by atoms with E-state index >= 15 is 0 Å². The highest BCUT2D eigenvalue weighted by Crippen LogP contribution is 2.28. The number of aryl methyl sites for hydroxylation is 2. The van der Waals surface area contributed by atoms with Gasteiger partial charge in [0.2, 0.25) is 0 Å². The Morgan fingerprint density at radius 1 is 1.39 bits per heavy atom. The molecule has 0 radical (unpaired) electrons. The van der Waals surface area contributed by atoms with Gasteiger partial charge in [-0.1, -0.05) is 32.1 Å². The van der Waals surface area contributed by atoms with Gasteiger partial charge in [0, 0.05) is 25.2 Å². The van der Waals surface area contributed by atoms with E-state index in [1.165, 1.54) is 32.1 Å². The van der Waals surface area contributed by atoms with Gasteiger partial charge >= 0.3 is 5.97 Å². The molecule has 6 heteroatoms. The van der Waals surface area contributed by atoms with Crippen LogP contribution in [0.15, 0.2) is 6.07 Å². The summed E-state index contributed by atoms with van der Waals surface area (Å²) in [6.45, 7) is 1.90. The van der Waals surface area contributed by atoms with Crippen molar-refractivity contribution in [2.75, 3.05) is 0 Å². The summed E-state index contributed by atoms with van der Waals surface area (Å²) in [6, 6.07) is 1.66. The Bertz CT molecular complexity index is 528. The number of carboxylic acid groups (broad SMARTS) is 1. The molecule has 1 unspecified atom stereocenters. The van der Waals surface area contributed by atoms with Gasteiger partial charge < -0.3 is 10.4 Å². The van der Waals surface area contributed by atoms with Crippen molar-refractivity contribution in [2.24, 2.45) is 13.0 Å². The molecule has 2 rings (SSSR count). The lowest BCUT2D eigenvalue weighted by atomic mass is 9.84. The number of amides is 1. The van der Waals surface area contributed by atoms with Crippen molar-refractivity contribution in [3.05, 3.63) is 17.5 Å². The number of carboxylic acids is 1. The third-order valence-corrected chi connectivity index (χ3v) is 4.73. The second-order valence-corrected chi connectivity index (χ2v) is 6.64. The number of rotatable bonds is 7. The minimum Gasteiger partial charge on any atom is -0.481 e. The summed E-state index contributed by atoms with van der Waals surface area (Å²) in [4.78, 5) is 23.2. The van der Waals surface area contributed by atoms with Crippen LogP contribution >= 0.6 is 0 Å². The minimum atomic E-state index is -0.818. The first-order chi connectivity index (χ1) is 11.0. The molecule has 0 aromatic carbocycles. The second-order valence-electron chi connectivity index (χ2n) is 6.64. The average Bonchev–Trinajstić information content (AvgIpc) is 2.85. The van der Waals surface area contributed by atoms with Crippen molar-refractivity contribution in [3.63, 3.8) is 0 Å². The van der Waals surface area contributed by atoms with E-state index in [0.29, 0.717) is 18.0 Å². The number of aliphatic carboxylic acids is 1. The Labute approximate surface area is 137 Å². The molecule has 2 N–H and O–H groups in total. The van der Waals surface area contributed by atoms with Crippen LogP contribution in [0.3, 0.4) is 0 Å². The molecule has 23 heavy (non-hydrogen) atoms. The van der Waals surface area contributed by atoms with Gasteiger partial charge in [0.1, 0.15) is 5.69 Å². The number of carbonyl (C=O) groups excluding carboxylic acids is 1. The molecule has 0 aliphatic heterocycles. The highest BCUT2D eigenvalue weighted by molar-refractivity contribution is 5.92. The van der Waals surface area contributed by atoms with Crippen molar-refractivity contribution < 1.29 is 14.7 Å². The summed E-state index contributed by atoms with van der Waals surface area (Å²) >= 11 is 0. The third kappa shape index (κ3) is 5.37. The van der Waals surface area contributed by atoms with Crippen molar-refractivity contribution in [2.45, 2.75) is 64.3 Å². The van der Waals surface area contributed by atoms with Gasteiger partial charge in [-0.25, -0.2) is 0 Å². The number of hydrogen-bond acceptors (Lipinski definition) is 3. The largest absolute Gasteiger partial charge is 0.481 e. The highest BCUT2D eigenvalue weighted by Gasteiger charge is 2.22. The summed E-state index contributed by atoms with van der Waals surface area (Å²) in [6.07, 6.45) is 7.56. The van der Waals surface area contributed by atoms with E-state index in [-0.39, 0.29) is 18.4 Å². The number of nitrogens with zero attached hydrogens (tertiary/aromatic N) is 2. The smallest absolute Gasteiger partial charge is 0.303 e. The normalized spacial score (nSPS) is 17.0. The monoisotopic (exact) mass is 321 g/mol. The van der Waals surface area contributed by atoms with Gasteiger partial charge in [-0.05, 0) is 31.7 Å². The topological polar surface area (TPSA) is 84.2 Å². The second kappa shape index (κ2) is 8.13. The molecular formula is C17H27N3O3. The summed E-state index contributed by atoms with van der Waals surface area (Å²) in [7, 11) is 1.80. The lowest BCUT2D eigenvalue weighted by Crippen LogP contribution is -2.37. The van der Waals surface area contributed by atoms with Crippen molar-refractivity contribution in [1.82, 2.24) is 15.1 Å². The molecule has 1 heterocycles. The van der Waals surface area contributed by atoms with Crippen LogP contribution < -0.4 is 5.32 Å². The zero-order valence-electron chi connectivity index (χ0n) is 14.0. The first kappa shape index (κ1) is 17.5. The van der Waals surface area contributed by atoms with E-state index in [4.69, 9.17) is 5.11 Å². The molecule has 1 saturated carbocycles. The fraction of sp³-hybridized carbons (Fsp3) is 0.706. The molecule has 6 nitrogen and oxygen atoms in total. The van der Waals surface area contributed by atoms with Crippen LogP contribution in [-0.2, 0) is 11.8 Å². The molecule has 1 fully saturated rings. The fourth-order valence-corrected chi connectivity index (χ4v) is 3.30. The maximum absolute atomic E-state index is 12.4. The maximum atomic E-state index is 12.4. The van der Waals surface area contributed by atoms with Gasteiger partial charge in [0.15, 0.2) is 0 Å². The van der Waals surface area contributed by atoms with Crippen LogP contribution in [-0.4, -0.2) is 32.8 Å². The summed E-state index contributed by atoms with van der Waals surface area (Å²) in [5, 5.41) is 16.1. The fourth-order valence-electron chi connectivity index (χ4n) is 3.30. The van der Waals surface area contributed by atoms with Gasteiger partial charge in [-0.15, -0.1) is 0 Å². The van der Waals surface area contributed by atoms with Gasteiger partial charge in [-0.3, -0.25) is 14.3 Å². The third-order valence-electron chi connectivity index (χ3n) is 4.73. The number of aromatic nitrogens is 2. The molecule has 1 atom stereocenters. The van der Waals surface area contributed by atoms with Crippen LogP contribution in [0.1, 0.15) is 67.5 Å². The quantitative estimate of drug-likeness (QED) is 0.808. The SMILES string of the molecule is Cc1cc(C(=O)NC(CCC(=O)O)CC2CCCCC2)nn1C. The molecule has 1 aromatic rings. The summed E-state index contributed by atoms with van der Waals surface area (Å²) in [5.41, 5.74) is 1.32. The lowest BCUT2D eigenvalue weighted by molar-refractivity contribution is -0.137. The van der Waals surface area contributed by atoms with E-state index in [0.717, 1.165) is 12.1 Å². The average molecular weight is 321 g/mol.